The maximum absolute atomic E-state index is 11.2. The largest absolute Gasteiger partial charge is 0.332 e. The van der Waals surface area contributed by atoms with Gasteiger partial charge in [-0.2, -0.15) is 11.8 Å². The smallest absolute Gasteiger partial charge is 0.315 e. The van der Waals surface area contributed by atoms with Crippen LogP contribution >= 0.6 is 27.7 Å². The van der Waals surface area contributed by atoms with Gasteiger partial charge in [-0.1, -0.05) is 35.2 Å². The number of hydrogen-bond acceptors (Lipinski definition) is 2. The third kappa shape index (κ3) is 3.06. The Morgan fingerprint density at radius 1 is 1.25 bits per heavy atom. The van der Waals surface area contributed by atoms with Gasteiger partial charge in [0.2, 0.25) is 0 Å². The molecule has 5 heteroatoms. The second kappa shape index (κ2) is 6.15. The molecule has 0 unspecified atom stereocenters. The summed E-state index contributed by atoms with van der Waals surface area (Å²) in [6.45, 7) is 0. The van der Waals surface area contributed by atoms with Gasteiger partial charge in [-0.25, -0.2) is 4.79 Å². The maximum Gasteiger partial charge on any atom is 0.315 e. The molecule has 0 radical (unpaired) electrons. The molecule has 0 saturated carbocycles. The first-order valence-corrected chi connectivity index (χ1v) is 8.23. The van der Waals surface area contributed by atoms with Crippen molar-refractivity contribution >= 4 is 33.7 Å². The monoisotopic (exact) mass is 306 g/mol. The predicted molar refractivity (Wildman–Crippen MR) is 72.4 cm³/mol. The van der Waals surface area contributed by atoms with E-state index in [2.05, 4.69) is 26.6 Å². The third-order valence-corrected chi connectivity index (χ3v) is 5.38. The molecule has 2 heterocycles. The molecule has 2 aliphatic heterocycles. The van der Waals surface area contributed by atoms with E-state index in [0.29, 0.717) is 17.3 Å². The fourth-order valence-corrected chi connectivity index (χ4v) is 4.38. The van der Waals surface area contributed by atoms with E-state index in [9.17, 15) is 4.79 Å². The maximum atomic E-state index is 11.2. The first-order valence-electron chi connectivity index (χ1n) is 6.06. The van der Waals surface area contributed by atoms with Crippen molar-refractivity contribution in [3.8, 4) is 0 Å². The van der Waals surface area contributed by atoms with E-state index in [0.717, 1.165) is 11.1 Å². The summed E-state index contributed by atoms with van der Waals surface area (Å²) < 4.78 is 0. The molecular weight excluding hydrogens is 288 g/mol. The molecule has 2 saturated heterocycles. The molecule has 2 rings (SSSR count). The molecule has 0 aliphatic carbocycles. The highest BCUT2D eigenvalue weighted by Crippen LogP contribution is 2.33. The van der Waals surface area contributed by atoms with Crippen molar-refractivity contribution in [2.24, 2.45) is 0 Å². The lowest BCUT2D eigenvalue weighted by Gasteiger charge is -2.16. The summed E-state index contributed by atoms with van der Waals surface area (Å²) >= 11 is 5.47. The van der Waals surface area contributed by atoms with Crippen LogP contribution in [0.2, 0.25) is 0 Å². The summed E-state index contributed by atoms with van der Waals surface area (Å²) in [5, 5.41) is 7.77. The van der Waals surface area contributed by atoms with Gasteiger partial charge in [0.15, 0.2) is 0 Å². The Labute approximate surface area is 110 Å². The minimum Gasteiger partial charge on any atom is -0.332 e. The molecule has 0 aromatic rings. The van der Waals surface area contributed by atoms with Crippen molar-refractivity contribution in [2.75, 3.05) is 11.1 Å². The zero-order valence-corrected chi connectivity index (χ0v) is 11.8. The number of thioether (sulfide) groups is 1. The van der Waals surface area contributed by atoms with Gasteiger partial charge in [0.25, 0.3) is 0 Å². The zero-order valence-electron chi connectivity index (χ0n) is 9.38. The Morgan fingerprint density at radius 2 is 2.06 bits per heavy atom. The Kier molecular flexibility index (Phi) is 4.82. The number of rotatable bonds is 6. The molecule has 2 aliphatic rings. The third-order valence-electron chi connectivity index (χ3n) is 3.31. The molecule has 92 valence electrons. The van der Waals surface area contributed by atoms with Crippen molar-refractivity contribution < 1.29 is 4.79 Å². The van der Waals surface area contributed by atoms with Crippen LogP contribution in [0.25, 0.3) is 0 Å². The van der Waals surface area contributed by atoms with Gasteiger partial charge in [-0.05, 0) is 12.8 Å². The van der Waals surface area contributed by atoms with Crippen LogP contribution in [0.15, 0.2) is 0 Å². The number of unbranched alkanes of at least 4 members (excludes halogenated alkanes) is 3. The number of nitrogens with one attached hydrogen (secondary N) is 2. The SMILES string of the molecule is O=C1N[C@H]2[C@H](CS[C@H]2CCCCCCBr)N1. The average molecular weight is 307 g/mol. The van der Waals surface area contributed by atoms with E-state index >= 15 is 0 Å². The number of urea groups is 1. The summed E-state index contributed by atoms with van der Waals surface area (Å²) in [4.78, 5) is 11.2. The first-order chi connectivity index (χ1) is 7.81. The highest BCUT2D eigenvalue weighted by atomic mass is 79.9. The van der Waals surface area contributed by atoms with Crippen molar-refractivity contribution in [3.63, 3.8) is 0 Å². The van der Waals surface area contributed by atoms with E-state index in [1.807, 2.05) is 11.8 Å². The van der Waals surface area contributed by atoms with Crippen LogP contribution in [0, 0.1) is 0 Å². The Morgan fingerprint density at radius 3 is 2.88 bits per heavy atom. The quantitative estimate of drug-likeness (QED) is 0.450. The van der Waals surface area contributed by atoms with Gasteiger partial charge in [0, 0.05) is 16.3 Å². The molecule has 0 aromatic heterocycles. The Bertz CT molecular complexity index is 252. The van der Waals surface area contributed by atoms with E-state index in [1.54, 1.807) is 0 Å². The second-order valence-corrected chi connectivity index (χ2v) is 6.58. The predicted octanol–water partition coefficient (Wildman–Crippen LogP) is 2.50. The van der Waals surface area contributed by atoms with E-state index in [4.69, 9.17) is 0 Å². The number of amides is 2. The van der Waals surface area contributed by atoms with E-state index in [1.165, 1.54) is 32.1 Å². The molecular formula is C11H19BrN2OS. The van der Waals surface area contributed by atoms with Gasteiger partial charge < -0.3 is 10.6 Å². The van der Waals surface area contributed by atoms with Crippen LogP contribution in [-0.4, -0.2) is 34.4 Å². The van der Waals surface area contributed by atoms with Crippen molar-refractivity contribution in [1.82, 2.24) is 10.6 Å². The van der Waals surface area contributed by atoms with Gasteiger partial charge in [0.05, 0.1) is 12.1 Å². The number of carbonyl (C=O) groups is 1. The number of alkyl halides is 1. The topological polar surface area (TPSA) is 41.1 Å². The molecule has 2 amide bonds. The number of hydrogen-bond donors (Lipinski definition) is 2. The van der Waals surface area contributed by atoms with E-state index < -0.39 is 0 Å². The van der Waals surface area contributed by atoms with Crippen LogP contribution in [0.4, 0.5) is 4.79 Å². The number of carbonyl (C=O) groups excluding carboxylic acids is 1. The van der Waals surface area contributed by atoms with Gasteiger partial charge in [-0.3, -0.25) is 0 Å². The Hall–Kier alpha value is 0.1000. The zero-order chi connectivity index (χ0) is 11.4. The molecule has 0 aromatic carbocycles. The van der Waals surface area contributed by atoms with Gasteiger partial charge in [0.1, 0.15) is 0 Å². The van der Waals surface area contributed by atoms with Crippen molar-refractivity contribution in [1.29, 1.82) is 0 Å². The molecule has 16 heavy (non-hydrogen) atoms. The lowest BCUT2D eigenvalue weighted by molar-refractivity contribution is 0.247. The molecule has 2 fully saturated rings. The molecule has 3 atom stereocenters. The lowest BCUT2D eigenvalue weighted by atomic mass is 10.0. The summed E-state index contributed by atoms with van der Waals surface area (Å²) in [6, 6.07) is 0.790. The number of halogens is 1. The standard InChI is InChI=1S/C11H19BrN2OS/c12-6-4-2-1-3-5-9-10-8(7-16-9)13-11(15)14-10/h8-10H,1-7H2,(H2,13,14,15)/t8-,9-,10-/m0/s1. The van der Waals surface area contributed by atoms with Gasteiger partial charge >= 0.3 is 6.03 Å². The molecule has 2 N–H and O–H groups in total. The van der Waals surface area contributed by atoms with Crippen molar-refractivity contribution in [2.45, 2.75) is 49.4 Å². The van der Waals surface area contributed by atoms with E-state index in [-0.39, 0.29) is 6.03 Å². The molecule has 0 spiro atoms. The minimum absolute atomic E-state index is 0.0274. The van der Waals surface area contributed by atoms with Crippen LogP contribution in [0.5, 0.6) is 0 Å². The molecule has 3 nitrogen and oxygen atoms in total. The van der Waals surface area contributed by atoms with Crippen molar-refractivity contribution in [3.05, 3.63) is 0 Å². The summed E-state index contributed by atoms with van der Waals surface area (Å²) in [5.41, 5.74) is 0. The van der Waals surface area contributed by atoms with Crippen LogP contribution in [-0.2, 0) is 0 Å². The first kappa shape index (κ1) is 12.6. The fraction of sp³-hybridized carbons (Fsp3) is 0.909. The summed E-state index contributed by atoms with van der Waals surface area (Å²) in [7, 11) is 0. The summed E-state index contributed by atoms with van der Waals surface area (Å²) in [5.74, 6) is 1.08. The molecule has 0 bridgehead atoms. The van der Waals surface area contributed by atoms with Gasteiger partial charge in [-0.15, -0.1) is 0 Å². The second-order valence-electron chi connectivity index (χ2n) is 4.51. The van der Waals surface area contributed by atoms with Crippen LogP contribution in [0.1, 0.15) is 32.1 Å². The lowest BCUT2D eigenvalue weighted by Crippen LogP contribution is -2.36. The van der Waals surface area contributed by atoms with Crippen LogP contribution < -0.4 is 10.6 Å². The highest BCUT2D eigenvalue weighted by Gasteiger charge is 2.42. The number of fused-ring (bicyclic) bond motifs is 1. The van der Waals surface area contributed by atoms with Crippen LogP contribution in [0.3, 0.4) is 0 Å². The Balaban J connectivity index is 1.65. The summed E-state index contributed by atoms with van der Waals surface area (Å²) in [6.07, 6.45) is 6.46. The fourth-order valence-electron chi connectivity index (χ4n) is 2.44. The average Bonchev–Trinajstić information content (AvgIpc) is 2.78. The highest BCUT2D eigenvalue weighted by molar-refractivity contribution is 9.09. The minimum atomic E-state index is 0.0274. The normalized spacial score (nSPS) is 32.3.